The second kappa shape index (κ2) is 3.34. The number of hydrogen-bond donors (Lipinski definition) is 3. The molecule has 0 aliphatic heterocycles. The van der Waals surface area contributed by atoms with Crippen molar-refractivity contribution in [2.24, 2.45) is 11.1 Å². The van der Waals surface area contributed by atoms with Crippen LogP contribution in [0.3, 0.4) is 0 Å². The van der Waals surface area contributed by atoms with Gasteiger partial charge in [-0.3, -0.25) is 14.8 Å². The Morgan fingerprint density at radius 3 is 2.27 bits per heavy atom. The summed E-state index contributed by atoms with van der Waals surface area (Å²) in [6.45, 7) is 2.95. The van der Waals surface area contributed by atoms with Crippen molar-refractivity contribution >= 4 is 11.8 Å². The number of carbonyl (C=O) groups is 2. The van der Waals surface area contributed by atoms with E-state index in [9.17, 15) is 9.59 Å². The van der Waals surface area contributed by atoms with E-state index >= 15 is 0 Å². The van der Waals surface area contributed by atoms with Crippen LogP contribution in [0.4, 0.5) is 0 Å². The van der Waals surface area contributed by atoms with Crippen LogP contribution in [-0.4, -0.2) is 17.0 Å². The number of nitrogens with one attached hydrogen (secondary N) is 1. The molecule has 2 amide bonds. The third-order valence-electron chi connectivity index (χ3n) is 1.24. The van der Waals surface area contributed by atoms with Crippen LogP contribution in [0.25, 0.3) is 0 Å². The van der Waals surface area contributed by atoms with Gasteiger partial charge < -0.3 is 5.73 Å². The van der Waals surface area contributed by atoms with E-state index in [-0.39, 0.29) is 0 Å². The Bertz CT molecular complexity index is 177. The Balaban J connectivity index is 4.12. The lowest BCUT2D eigenvalue weighted by Gasteiger charge is -2.17. The predicted octanol–water partition coefficient (Wildman–Crippen LogP) is -0.792. The highest BCUT2D eigenvalue weighted by molar-refractivity contribution is 5.93. The molecule has 0 atom stereocenters. The van der Waals surface area contributed by atoms with Gasteiger partial charge in [0.15, 0.2) is 0 Å². The number of hydrogen-bond acceptors (Lipinski definition) is 3. The molecular formula is C6H11N2O3. The number of amides is 2. The Morgan fingerprint density at radius 1 is 1.55 bits per heavy atom. The Kier molecular flexibility index (Phi) is 3.00. The lowest BCUT2D eigenvalue weighted by Crippen LogP contribution is -2.37. The van der Waals surface area contributed by atoms with Crippen LogP contribution in [0.5, 0.6) is 0 Å². The van der Waals surface area contributed by atoms with Crippen LogP contribution in [0.2, 0.25) is 0 Å². The average molecular weight is 159 g/mol. The molecule has 0 rings (SSSR count). The minimum absolute atomic E-state index is 0.624. The van der Waals surface area contributed by atoms with Crippen LogP contribution in [0.1, 0.15) is 13.8 Å². The van der Waals surface area contributed by atoms with Gasteiger partial charge in [0.25, 0.3) is 0 Å². The number of nitrogens with two attached hydrogens (primary N) is 1. The van der Waals surface area contributed by atoms with E-state index in [1.54, 1.807) is 0 Å². The second-order valence-electron chi connectivity index (χ2n) is 2.71. The van der Waals surface area contributed by atoms with Crippen LogP contribution in [0, 0.1) is 11.8 Å². The first kappa shape index (κ1) is 9.90. The van der Waals surface area contributed by atoms with Crippen molar-refractivity contribution in [2.45, 2.75) is 13.8 Å². The molecule has 5 heteroatoms. The minimum atomic E-state index is -1.03. The maximum absolute atomic E-state index is 10.6. The van der Waals surface area contributed by atoms with Crippen molar-refractivity contribution in [1.82, 2.24) is 5.48 Å². The zero-order valence-corrected chi connectivity index (χ0v) is 6.42. The third kappa shape index (κ3) is 2.99. The van der Waals surface area contributed by atoms with Gasteiger partial charge in [0.1, 0.15) is 0 Å². The van der Waals surface area contributed by atoms with Crippen LogP contribution in [0.15, 0.2) is 0 Å². The highest BCUT2D eigenvalue weighted by Crippen LogP contribution is 2.17. The van der Waals surface area contributed by atoms with E-state index in [2.05, 4.69) is 0 Å². The molecule has 63 valence electrons. The molecule has 0 unspecified atom stereocenters. The highest BCUT2D eigenvalue weighted by Gasteiger charge is 2.28. The van der Waals surface area contributed by atoms with E-state index in [0.717, 1.165) is 6.42 Å². The standard InChI is InChI=1S/C6H11N2O3/c1-6(2,5(7)10)3-4(9)8-11/h3,11H,1-2H3,(H2,7,10)(H,8,9). The minimum Gasteiger partial charge on any atom is -0.369 e. The molecule has 0 aliphatic carbocycles. The summed E-state index contributed by atoms with van der Waals surface area (Å²) < 4.78 is 0. The van der Waals surface area contributed by atoms with E-state index in [4.69, 9.17) is 10.9 Å². The molecule has 0 bridgehead atoms. The first-order chi connectivity index (χ1) is 4.90. The molecule has 0 aliphatic rings. The van der Waals surface area contributed by atoms with Crippen LogP contribution < -0.4 is 11.2 Å². The van der Waals surface area contributed by atoms with Gasteiger partial charge in [0.2, 0.25) is 11.8 Å². The topological polar surface area (TPSA) is 92.4 Å². The monoisotopic (exact) mass is 159 g/mol. The summed E-state index contributed by atoms with van der Waals surface area (Å²) in [5, 5.41) is 8.10. The van der Waals surface area contributed by atoms with Crippen molar-refractivity contribution < 1.29 is 14.8 Å². The molecule has 0 aromatic heterocycles. The van der Waals surface area contributed by atoms with Gasteiger partial charge in [-0.05, 0) is 0 Å². The first-order valence-corrected chi connectivity index (χ1v) is 3.00. The molecule has 0 aromatic carbocycles. The lowest BCUT2D eigenvalue weighted by atomic mass is 9.88. The largest absolute Gasteiger partial charge is 0.369 e. The smallest absolute Gasteiger partial charge is 0.248 e. The summed E-state index contributed by atoms with van der Waals surface area (Å²) in [6, 6.07) is 0. The number of primary amides is 1. The van der Waals surface area contributed by atoms with Crippen molar-refractivity contribution in [2.75, 3.05) is 0 Å². The zero-order chi connectivity index (χ0) is 9.07. The summed E-state index contributed by atoms with van der Waals surface area (Å²) in [7, 11) is 0. The van der Waals surface area contributed by atoms with Gasteiger partial charge in [-0.1, -0.05) is 13.8 Å². The van der Waals surface area contributed by atoms with Crippen LogP contribution in [-0.2, 0) is 9.59 Å². The molecular weight excluding hydrogens is 148 g/mol. The molecule has 0 aromatic rings. The predicted molar refractivity (Wildman–Crippen MR) is 37.2 cm³/mol. The van der Waals surface area contributed by atoms with Crippen LogP contribution >= 0.6 is 0 Å². The molecule has 5 nitrogen and oxygen atoms in total. The number of hydroxylamine groups is 1. The van der Waals surface area contributed by atoms with E-state index < -0.39 is 17.2 Å². The van der Waals surface area contributed by atoms with E-state index in [1.165, 1.54) is 19.3 Å². The summed E-state index contributed by atoms with van der Waals surface area (Å²) in [5.74, 6) is -1.37. The van der Waals surface area contributed by atoms with Crippen molar-refractivity contribution in [3.8, 4) is 0 Å². The molecule has 4 N–H and O–H groups in total. The summed E-state index contributed by atoms with van der Waals surface area (Å²) >= 11 is 0. The van der Waals surface area contributed by atoms with E-state index in [1.807, 2.05) is 0 Å². The average Bonchev–Trinajstić information content (AvgIpc) is 1.86. The van der Waals surface area contributed by atoms with Gasteiger partial charge in [-0.2, -0.15) is 0 Å². The normalized spacial score (nSPS) is 10.8. The molecule has 1 radical (unpaired) electrons. The number of rotatable bonds is 3. The second-order valence-corrected chi connectivity index (χ2v) is 2.71. The lowest BCUT2D eigenvalue weighted by molar-refractivity contribution is -0.131. The number of carbonyl (C=O) groups excluding carboxylic acids is 2. The fraction of sp³-hybridized carbons (Fsp3) is 0.500. The Morgan fingerprint density at radius 2 is 2.00 bits per heavy atom. The molecule has 0 fully saturated rings. The highest BCUT2D eigenvalue weighted by atomic mass is 16.5. The summed E-state index contributed by atoms with van der Waals surface area (Å²) in [5.41, 5.74) is 5.28. The van der Waals surface area contributed by atoms with Gasteiger partial charge >= 0.3 is 0 Å². The molecule has 0 spiro atoms. The quantitative estimate of drug-likeness (QED) is 0.372. The fourth-order valence-corrected chi connectivity index (χ4v) is 0.431. The van der Waals surface area contributed by atoms with E-state index in [0.29, 0.717) is 0 Å². The SMILES string of the molecule is CC(C)([CH]C(=O)NO)C(N)=O. The van der Waals surface area contributed by atoms with Crippen molar-refractivity contribution in [3.63, 3.8) is 0 Å². The maximum Gasteiger partial charge on any atom is 0.248 e. The van der Waals surface area contributed by atoms with Gasteiger partial charge in [-0.15, -0.1) is 0 Å². The Labute approximate surface area is 64.5 Å². The van der Waals surface area contributed by atoms with Crippen molar-refractivity contribution in [3.05, 3.63) is 6.42 Å². The fourth-order valence-electron chi connectivity index (χ4n) is 0.431. The van der Waals surface area contributed by atoms with Gasteiger partial charge in [-0.25, -0.2) is 5.48 Å². The summed E-state index contributed by atoms with van der Waals surface area (Å²) in [4.78, 5) is 21.1. The Hall–Kier alpha value is -1.10. The first-order valence-electron chi connectivity index (χ1n) is 3.00. The molecule has 0 heterocycles. The molecule has 0 saturated heterocycles. The van der Waals surface area contributed by atoms with Crippen molar-refractivity contribution in [1.29, 1.82) is 0 Å². The third-order valence-corrected chi connectivity index (χ3v) is 1.24. The van der Waals surface area contributed by atoms with Gasteiger partial charge in [0.05, 0.1) is 11.8 Å². The molecule has 11 heavy (non-hydrogen) atoms. The molecule has 0 saturated carbocycles. The maximum atomic E-state index is 10.6. The van der Waals surface area contributed by atoms with Gasteiger partial charge in [0, 0.05) is 0 Å². The summed E-state index contributed by atoms with van der Waals surface area (Å²) in [6.07, 6.45) is 1.01. The zero-order valence-electron chi connectivity index (χ0n) is 6.42.